The molecule has 0 unspecified atom stereocenters. The summed E-state index contributed by atoms with van der Waals surface area (Å²) in [4.78, 5) is 23.2. The molecule has 0 rings (SSSR count). The second kappa shape index (κ2) is 7.87. The maximum Gasteiger partial charge on any atom is 0.421 e. The fraction of sp³-hybridized carbons (Fsp3) is 0.733. The lowest BCUT2D eigenvalue weighted by atomic mass is 10.2. The van der Waals surface area contributed by atoms with Gasteiger partial charge in [-0.1, -0.05) is 6.58 Å². The normalized spacial score (nSPS) is 13.6. The number of ether oxygens (including phenoxy) is 2. The van der Waals surface area contributed by atoms with Crippen molar-refractivity contribution < 1.29 is 27.5 Å². The molecule has 0 aromatic rings. The fourth-order valence-electron chi connectivity index (χ4n) is 1.42. The number of carbonyl (C=O) groups is 2. The molecule has 0 aromatic carbocycles. The first-order chi connectivity index (χ1) is 10.5. The first-order valence-corrected chi connectivity index (χ1v) is 9.06. The third kappa shape index (κ3) is 10.9. The summed E-state index contributed by atoms with van der Waals surface area (Å²) in [5.41, 5.74) is -1.30. The molecule has 0 spiro atoms. The van der Waals surface area contributed by atoms with Crippen molar-refractivity contribution in [2.45, 2.75) is 65.7 Å². The smallest absolute Gasteiger partial charge is 0.421 e. The molecule has 0 aromatic heterocycles. The SMILES string of the molecule is C=C(CS(=O)(=O)NC(=O)OC(C)(C)C)[C@H](C)NC(=O)OC(C)(C)C. The number of carbonyl (C=O) groups excluding carboxylic acids is 2. The highest BCUT2D eigenvalue weighted by atomic mass is 32.2. The Balaban J connectivity index is 4.62. The quantitative estimate of drug-likeness (QED) is 0.724. The van der Waals surface area contributed by atoms with Gasteiger partial charge in [0.15, 0.2) is 0 Å². The van der Waals surface area contributed by atoms with Gasteiger partial charge in [0, 0.05) is 0 Å². The van der Waals surface area contributed by atoms with Crippen LogP contribution >= 0.6 is 0 Å². The van der Waals surface area contributed by atoms with E-state index in [0.29, 0.717) is 0 Å². The Labute approximate surface area is 144 Å². The summed E-state index contributed by atoms with van der Waals surface area (Å²) in [5.74, 6) is -0.538. The Hall–Kier alpha value is -1.77. The molecule has 0 radical (unpaired) electrons. The highest BCUT2D eigenvalue weighted by Gasteiger charge is 2.24. The van der Waals surface area contributed by atoms with Crippen LogP contribution in [-0.2, 0) is 19.5 Å². The van der Waals surface area contributed by atoms with E-state index in [1.165, 1.54) is 0 Å². The predicted molar refractivity (Wildman–Crippen MR) is 91.1 cm³/mol. The van der Waals surface area contributed by atoms with E-state index in [0.717, 1.165) is 0 Å². The van der Waals surface area contributed by atoms with Crippen molar-refractivity contribution in [2.75, 3.05) is 5.75 Å². The lowest BCUT2D eigenvalue weighted by molar-refractivity contribution is 0.0512. The van der Waals surface area contributed by atoms with Crippen LogP contribution in [0.3, 0.4) is 0 Å². The van der Waals surface area contributed by atoms with E-state index in [1.807, 2.05) is 0 Å². The van der Waals surface area contributed by atoms with Crippen molar-refractivity contribution in [1.29, 1.82) is 0 Å². The summed E-state index contributed by atoms with van der Waals surface area (Å²) >= 11 is 0. The summed E-state index contributed by atoms with van der Waals surface area (Å²) in [5, 5.41) is 2.48. The highest BCUT2D eigenvalue weighted by molar-refractivity contribution is 7.90. The maximum atomic E-state index is 11.9. The Kier molecular flexibility index (Phi) is 7.29. The van der Waals surface area contributed by atoms with Crippen LogP contribution < -0.4 is 10.0 Å². The molecule has 0 aliphatic heterocycles. The molecular formula is C15H28N2O6S. The minimum absolute atomic E-state index is 0.192. The molecule has 1 atom stereocenters. The molecule has 0 saturated heterocycles. The van der Waals surface area contributed by atoms with Gasteiger partial charge in [0.05, 0.1) is 11.8 Å². The van der Waals surface area contributed by atoms with Crippen LogP contribution in [-0.4, -0.2) is 43.6 Å². The van der Waals surface area contributed by atoms with Crippen LogP contribution in [0.2, 0.25) is 0 Å². The number of alkyl carbamates (subject to hydrolysis) is 1. The molecular weight excluding hydrogens is 336 g/mol. The van der Waals surface area contributed by atoms with E-state index < -0.39 is 45.2 Å². The fourth-order valence-corrected chi connectivity index (χ4v) is 2.52. The summed E-state index contributed by atoms with van der Waals surface area (Å²) in [7, 11) is -3.98. The summed E-state index contributed by atoms with van der Waals surface area (Å²) in [6, 6.07) is -0.657. The molecule has 0 fully saturated rings. The lowest BCUT2D eigenvalue weighted by Gasteiger charge is -2.23. The monoisotopic (exact) mass is 364 g/mol. The average Bonchev–Trinajstić information content (AvgIpc) is 2.20. The lowest BCUT2D eigenvalue weighted by Crippen LogP contribution is -2.42. The third-order valence-electron chi connectivity index (χ3n) is 2.36. The average molecular weight is 364 g/mol. The van der Waals surface area contributed by atoms with Gasteiger partial charge < -0.3 is 14.8 Å². The second-order valence-electron chi connectivity index (χ2n) is 7.39. The van der Waals surface area contributed by atoms with E-state index >= 15 is 0 Å². The van der Waals surface area contributed by atoms with Crippen molar-refractivity contribution in [1.82, 2.24) is 10.0 Å². The topological polar surface area (TPSA) is 111 Å². The van der Waals surface area contributed by atoms with Gasteiger partial charge >= 0.3 is 12.2 Å². The van der Waals surface area contributed by atoms with E-state index in [4.69, 9.17) is 9.47 Å². The molecule has 2 N–H and O–H groups in total. The van der Waals surface area contributed by atoms with Crippen LogP contribution in [0.15, 0.2) is 12.2 Å². The van der Waals surface area contributed by atoms with Gasteiger partial charge in [0.25, 0.3) is 0 Å². The van der Waals surface area contributed by atoms with Gasteiger partial charge in [-0.25, -0.2) is 22.7 Å². The summed E-state index contributed by atoms with van der Waals surface area (Å²) < 4.78 is 35.6. The Bertz CT molecular complexity index is 584. The van der Waals surface area contributed by atoms with Crippen molar-refractivity contribution >= 4 is 22.2 Å². The molecule has 2 amide bonds. The third-order valence-corrected chi connectivity index (χ3v) is 3.59. The predicted octanol–water partition coefficient (Wildman–Crippen LogP) is 2.31. The van der Waals surface area contributed by atoms with Crippen molar-refractivity contribution in [2.24, 2.45) is 0 Å². The summed E-state index contributed by atoms with van der Waals surface area (Å²) in [6.07, 6.45) is -1.75. The van der Waals surface area contributed by atoms with E-state index in [-0.39, 0.29) is 5.57 Å². The Morgan fingerprint density at radius 1 is 1.00 bits per heavy atom. The van der Waals surface area contributed by atoms with Crippen LogP contribution in [0.4, 0.5) is 9.59 Å². The van der Waals surface area contributed by atoms with Crippen LogP contribution in [0.25, 0.3) is 0 Å². The van der Waals surface area contributed by atoms with Gasteiger partial charge in [0.2, 0.25) is 10.0 Å². The minimum Gasteiger partial charge on any atom is -0.444 e. The van der Waals surface area contributed by atoms with Crippen LogP contribution in [0, 0.1) is 0 Å². The number of amides is 2. The first kappa shape index (κ1) is 22.2. The second-order valence-corrected chi connectivity index (χ2v) is 9.11. The Morgan fingerprint density at radius 2 is 1.42 bits per heavy atom. The van der Waals surface area contributed by atoms with Gasteiger partial charge in [-0.15, -0.1) is 0 Å². The van der Waals surface area contributed by atoms with E-state index in [1.54, 1.807) is 53.2 Å². The zero-order valence-electron chi connectivity index (χ0n) is 15.3. The molecule has 0 saturated carbocycles. The molecule has 9 heteroatoms. The highest BCUT2D eigenvalue weighted by Crippen LogP contribution is 2.10. The number of rotatable bonds is 5. The number of nitrogens with one attached hydrogen (secondary N) is 2. The molecule has 0 bridgehead atoms. The van der Waals surface area contributed by atoms with Gasteiger partial charge in [0.1, 0.15) is 11.2 Å². The molecule has 0 aliphatic carbocycles. The molecule has 0 heterocycles. The zero-order valence-corrected chi connectivity index (χ0v) is 16.2. The van der Waals surface area contributed by atoms with Crippen LogP contribution in [0.1, 0.15) is 48.5 Å². The van der Waals surface area contributed by atoms with Gasteiger partial charge in [-0.2, -0.15) is 0 Å². The zero-order chi connectivity index (χ0) is 19.3. The van der Waals surface area contributed by atoms with Gasteiger partial charge in [-0.05, 0) is 54.0 Å². The van der Waals surface area contributed by atoms with Crippen molar-refractivity contribution in [3.63, 3.8) is 0 Å². The van der Waals surface area contributed by atoms with E-state index in [9.17, 15) is 18.0 Å². The number of hydrogen-bond acceptors (Lipinski definition) is 6. The summed E-state index contributed by atoms with van der Waals surface area (Å²) in [6.45, 7) is 15.2. The van der Waals surface area contributed by atoms with Crippen LogP contribution in [0.5, 0.6) is 0 Å². The number of hydrogen-bond donors (Lipinski definition) is 2. The van der Waals surface area contributed by atoms with Crippen molar-refractivity contribution in [3.8, 4) is 0 Å². The Morgan fingerprint density at radius 3 is 1.83 bits per heavy atom. The molecule has 0 aliphatic rings. The molecule has 8 nitrogen and oxygen atoms in total. The number of sulfonamides is 1. The molecule has 24 heavy (non-hydrogen) atoms. The largest absolute Gasteiger partial charge is 0.444 e. The standard InChI is InChI=1S/C15H28N2O6S/c1-10(11(2)16-12(18)22-14(3,4)5)9-24(20,21)17-13(19)23-15(6,7)8/h11H,1,9H2,2-8H3,(H,16,18)(H,17,19)/t11-/m0/s1. The first-order valence-electron chi connectivity index (χ1n) is 7.41. The maximum absolute atomic E-state index is 11.9. The van der Waals surface area contributed by atoms with Crippen molar-refractivity contribution in [3.05, 3.63) is 12.2 Å². The van der Waals surface area contributed by atoms with Gasteiger partial charge in [-0.3, -0.25) is 0 Å². The van der Waals surface area contributed by atoms with E-state index in [2.05, 4.69) is 11.9 Å². The molecule has 140 valence electrons. The minimum atomic E-state index is -3.98.